The van der Waals surface area contributed by atoms with Crippen LogP contribution in [0.3, 0.4) is 0 Å². The van der Waals surface area contributed by atoms with Crippen LogP contribution in [0.5, 0.6) is 0 Å². The van der Waals surface area contributed by atoms with Gasteiger partial charge >= 0.3 is 0 Å². The van der Waals surface area contributed by atoms with Crippen LogP contribution in [0, 0.1) is 5.92 Å². The molecule has 0 aromatic rings. The molecule has 0 heterocycles. The zero-order valence-electron chi connectivity index (χ0n) is 7.64. The van der Waals surface area contributed by atoms with Crippen LogP contribution >= 0.6 is 0 Å². The molecule has 0 radical (unpaired) electrons. The van der Waals surface area contributed by atoms with Crippen molar-refractivity contribution >= 4 is 0 Å². The summed E-state index contributed by atoms with van der Waals surface area (Å²) in [6, 6.07) is 0.534. The fraction of sp³-hybridized carbons (Fsp3) is 0.800. The highest BCUT2D eigenvalue weighted by Crippen LogP contribution is 2.31. The van der Waals surface area contributed by atoms with E-state index >= 15 is 0 Å². The first kappa shape index (κ1) is 8.79. The van der Waals surface area contributed by atoms with Gasteiger partial charge < -0.3 is 5.32 Å². The molecule has 1 aliphatic rings. The van der Waals surface area contributed by atoms with Crippen LogP contribution in [0.2, 0.25) is 0 Å². The molecule has 0 N–H and O–H groups in total. The summed E-state index contributed by atoms with van der Waals surface area (Å²) in [5, 5.41) is 4.31. The van der Waals surface area contributed by atoms with Crippen LogP contribution in [0.4, 0.5) is 0 Å². The maximum Gasteiger partial charge on any atom is -0.0308 e. The molecule has 1 nitrogen and oxygen atoms in total. The van der Waals surface area contributed by atoms with Gasteiger partial charge in [0.25, 0.3) is 0 Å². The molecule has 0 spiro atoms. The van der Waals surface area contributed by atoms with Crippen molar-refractivity contribution in [3.63, 3.8) is 0 Å². The van der Waals surface area contributed by atoms with E-state index in [1.807, 2.05) is 7.05 Å². The summed E-state index contributed by atoms with van der Waals surface area (Å²) in [4.78, 5) is 0. The Morgan fingerprint density at radius 3 is 2.91 bits per heavy atom. The monoisotopic (exact) mass is 152 g/mol. The van der Waals surface area contributed by atoms with E-state index < -0.39 is 0 Å². The largest absolute Gasteiger partial charge is 0.662 e. The van der Waals surface area contributed by atoms with E-state index in [4.69, 9.17) is 0 Å². The summed E-state index contributed by atoms with van der Waals surface area (Å²) in [5.41, 5.74) is 1.43. The highest BCUT2D eigenvalue weighted by molar-refractivity contribution is 5.03. The molecule has 0 aromatic heterocycles. The fourth-order valence-electron chi connectivity index (χ4n) is 1.81. The lowest BCUT2D eigenvalue weighted by atomic mass is 9.82. The average Bonchev–Trinajstić information content (AvgIpc) is 2.03. The van der Waals surface area contributed by atoms with E-state index in [2.05, 4.69) is 18.8 Å². The summed E-state index contributed by atoms with van der Waals surface area (Å²) in [7, 11) is 1.92. The predicted molar refractivity (Wildman–Crippen MR) is 49.8 cm³/mol. The zero-order chi connectivity index (χ0) is 8.27. The summed E-state index contributed by atoms with van der Waals surface area (Å²) in [6.07, 6.45) is 5.12. The molecule has 0 amide bonds. The quantitative estimate of drug-likeness (QED) is 0.540. The van der Waals surface area contributed by atoms with Crippen molar-refractivity contribution in [3.8, 4) is 0 Å². The van der Waals surface area contributed by atoms with Gasteiger partial charge in [-0.15, -0.1) is 6.04 Å². The maximum absolute atomic E-state index is 4.31. The zero-order valence-corrected chi connectivity index (χ0v) is 7.64. The lowest BCUT2D eigenvalue weighted by molar-refractivity contribution is 0.386. The van der Waals surface area contributed by atoms with Gasteiger partial charge in [-0.1, -0.05) is 31.4 Å². The molecule has 0 bridgehead atoms. The third kappa shape index (κ3) is 2.33. The van der Waals surface area contributed by atoms with Crippen LogP contribution in [0.15, 0.2) is 12.2 Å². The molecular weight excluding hydrogens is 134 g/mol. The Morgan fingerprint density at radius 1 is 1.64 bits per heavy atom. The molecule has 1 rings (SSSR count). The van der Waals surface area contributed by atoms with Crippen LogP contribution in [-0.2, 0) is 0 Å². The van der Waals surface area contributed by atoms with Crippen LogP contribution in [-0.4, -0.2) is 13.1 Å². The van der Waals surface area contributed by atoms with Crippen molar-refractivity contribution in [1.29, 1.82) is 0 Å². The van der Waals surface area contributed by atoms with Crippen LogP contribution in [0.1, 0.15) is 32.6 Å². The average molecular weight is 152 g/mol. The van der Waals surface area contributed by atoms with E-state index in [1.165, 1.54) is 31.3 Å². The molecule has 11 heavy (non-hydrogen) atoms. The molecule has 1 heteroatoms. The normalized spacial score (nSPS) is 28.5. The van der Waals surface area contributed by atoms with E-state index in [-0.39, 0.29) is 0 Å². The molecule has 2 unspecified atom stereocenters. The second-order valence-corrected chi connectivity index (χ2v) is 3.61. The fourth-order valence-corrected chi connectivity index (χ4v) is 1.81. The molecule has 64 valence electrons. The maximum atomic E-state index is 4.31. The Morgan fingerprint density at radius 2 is 2.36 bits per heavy atom. The van der Waals surface area contributed by atoms with Crippen molar-refractivity contribution in [2.75, 3.05) is 7.05 Å². The third-order valence-electron chi connectivity index (χ3n) is 2.75. The first-order valence-electron chi connectivity index (χ1n) is 4.49. The third-order valence-corrected chi connectivity index (χ3v) is 2.75. The molecule has 0 aromatic carbocycles. The summed E-state index contributed by atoms with van der Waals surface area (Å²) < 4.78 is 0. The Bertz CT molecular complexity index is 140. The number of hydrogen-bond donors (Lipinski definition) is 0. The van der Waals surface area contributed by atoms with Gasteiger partial charge in [-0.3, -0.25) is 0 Å². The summed E-state index contributed by atoms with van der Waals surface area (Å²) in [5.74, 6) is 0.779. The van der Waals surface area contributed by atoms with Crippen molar-refractivity contribution in [3.05, 3.63) is 17.5 Å². The topological polar surface area (TPSA) is 14.1 Å². The standard InChI is InChI=1S/C10H18N/c1-8-5-4-6-10(7-8)9(2)11-3/h9-10H,1,4-7H2,2-3H3/q-1. The van der Waals surface area contributed by atoms with Gasteiger partial charge in [0.05, 0.1) is 0 Å². The van der Waals surface area contributed by atoms with Crippen molar-refractivity contribution in [2.45, 2.75) is 38.6 Å². The lowest BCUT2D eigenvalue weighted by Crippen LogP contribution is -2.19. The molecule has 0 saturated heterocycles. The minimum absolute atomic E-state index is 0.534. The Labute approximate surface area is 69.9 Å². The van der Waals surface area contributed by atoms with Gasteiger partial charge in [-0.05, 0) is 19.3 Å². The second kappa shape index (κ2) is 3.91. The number of nitrogens with zero attached hydrogens (tertiary/aromatic N) is 1. The number of allylic oxidation sites excluding steroid dienone is 1. The SMILES string of the molecule is C=C1CCCC(C(C)[N-]C)C1. The Balaban J connectivity index is 2.39. The number of rotatable bonds is 2. The van der Waals surface area contributed by atoms with Gasteiger partial charge in [-0.25, -0.2) is 0 Å². The lowest BCUT2D eigenvalue weighted by Gasteiger charge is -2.36. The highest BCUT2D eigenvalue weighted by atomic mass is 14.9. The molecule has 2 atom stereocenters. The molecule has 1 aliphatic carbocycles. The summed E-state index contributed by atoms with van der Waals surface area (Å²) in [6.45, 7) is 6.25. The molecule has 1 saturated carbocycles. The van der Waals surface area contributed by atoms with Crippen LogP contribution in [0.25, 0.3) is 5.32 Å². The smallest absolute Gasteiger partial charge is 0.0308 e. The highest BCUT2D eigenvalue weighted by Gasteiger charge is 2.15. The van der Waals surface area contributed by atoms with Crippen molar-refractivity contribution in [2.24, 2.45) is 5.92 Å². The minimum Gasteiger partial charge on any atom is -0.662 e. The van der Waals surface area contributed by atoms with E-state index in [0.717, 1.165) is 5.92 Å². The molecule has 0 aliphatic heterocycles. The van der Waals surface area contributed by atoms with Gasteiger partial charge in [0.2, 0.25) is 0 Å². The second-order valence-electron chi connectivity index (χ2n) is 3.61. The first-order valence-corrected chi connectivity index (χ1v) is 4.49. The van der Waals surface area contributed by atoms with E-state index in [0.29, 0.717) is 6.04 Å². The van der Waals surface area contributed by atoms with Crippen molar-refractivity contribution < 1.29 is 0 Å². The van der Waals surface area contributed by atoms with Gasteiger partial charge in [0.15, 0.2) is 0 Å². The Kier molecular flexibility index (Phi) is 3.13. The Hall–Kier alpha value is -0.300. The van der Waals surface area contributed by atoms with Gasteiger partial charge in [-0.2, -0.15) is 7.05 Å². The van der Waals surface area contributed by atoms with E-state index in [9.17, 15) is 0 Å². The number of hydrogen-bond acceptors (Lipinski definition) is 0. The van der Waals surface area contributed by atoms with E-state index in [1.54, 1.807) is 0 Å². The summed E-state index contributed by atoms with van der Waals surface area (Å²) >= 11 is 0. The van der Waals surface area contributed by atoms with Crippen molar-refractivity contribution in [1.82, 2.24) is 0 Å². The first-order chi connectivity index (χ1) is 5.24. The molecule has 1 fully saturated rings. The predicted octanol–water partition coefficient (Wildman–Crippen LogP) is 3.12. The van der Waals surface area contributed by atoms with Gasteiger partial charge in [0.1, 0.15) is 0 Å². The van der Waals surface area contributed by atoms with Crippen LogP contribution < -0.4 is 0 Å². The molecular formula is C10H18N-. The minimum atomic E-state index is 0.534. The van der Waals surface area contributed by atoms with Gasteiger partial charge in [0, 0.05) is 0 Å².